The molecule has 3 aromatic rings. The average Bonchev–Trinajstić information content (AvgIpc) is 3.38. The Morgan fingerprint density at radius 2 is 2.03 bits per heavy atom. The predicted molar refractivity (Wildman–Crippen MR) is 111 cm³/mol. The number of aryl methyl sites for hydroxylation is 1. The topological polar surface area (TPSA) is 87.0 Å². The van der Waals surface area contributed by atoms with Crippen molar-refractivity contribution in [3.05, 3.63) is 42.5 Å². The number of alkyl halides is 1. The first kappa shape index (κ1) is 20.2. The summed E-state index contributed by atoms with van der Waals surface area (Å²) >= 11 is 0. The zero-order chi connectivity index (χ0) is 21.0. The van der Waals surface area contributed by atoms with Crippen LogP contribution in [0.1, 0.15) is 18.4 Å². The predicted octanol–water partition coefficient (Wildman–Crippen LogP) is 3.56. The smallest absolute Gasteiger partial charge is 0.227 e. The van der Waals surface area contributed by atoms with Crippen LogP contribution in [-0.2, 0) is 11.3 Å². The van der Waals surface area contributed by atoms with E-state index in [9.17, 15) is 4.39 Å². The minimum absolute atomic E-state index is 0.219. The second-order valence-corrected chi connectivity index (χ2v) is 7.64. The minimum atomic E-state index is -0.299. The van der Waals surface area contributed by atoms with Crippen LogP contribution in [0.25, 0.3) is 11.3 Å². The van der Waals surface area contributed by atoms with Crippen LogP contribution in [0.3, 0.4) is 0 Å². The van der Waals surface area contributed by atoms with Gasteiger partial charge < -0.3 is 14.8 Å². The summed E-state index contributed by atoms with van der Waals surface area (Å²) in [5.41, 5.74) is 3.14. The van der Waals surface area contributed by atoms with Gasteiger partial charge in [0.1, 0.15) is 6.61 Å². The maximum atomic E-state index is 13.2. The molecule has 0 atom stereocenters. The molecule has 30 heavy (non-hydrogen) atoms. The summed E-state index contributed by atoms with van der Waals surface area (Å²) in [6, 6.07) is 3.62. The Morgan fingerprint density at radius 3 is 2.73 bits per heavy atom. The van der Waals surface area contributed by atoms with Gasteiger partial charge >= 0.3 is 0 Å². The number of anilines is 2. The zero-order valence-corrected chi connectivity index (χ0v) is 17.1. The molecule has 4 rings (SSSR count). The van der Waals surface area contributed by atoms with E-state index < -0.39 is 0 Å². The second-order valence-electron chi connectivity index (χ2n) is 7.64. The lowest BCUT2D eigenvalue weighted by atomic mass is 10.1. The quantitative estimate of drug-likeness (QED) is 0.510. The zero-order valence-electron chi connectivity index (χ0n) is 17.1. The molecule has 0 spiro atoms. The van der Waals surface area contributed by atoms with Gasteiger partial charge in [0.2, 0.25) is 11.8 Å². The third kappa shape index (κ3) is 4.73. The molecule has 3 aromatic heterocycles. The van der Waals surface area contributed by atoms with Gasteiger partial charge in [-0.25, -0.2) is 15.0 Å². The Hall–Kier alpha value is -3.07. The molecule has 0 amide bonds. The Bertz CT molecular complexity index is 987. The Morgan fingerprint density at radius 1 is 1.17 bits per heavy atom. The Labute approximate surface area is 174 Å². The van der Waals surface area contributed by atoms with Crippen LogP contribution < -0.4 is 10.1 Å². The SMILES string of the molecule is COCCOc1ccc(Nc2ncc(C)c(-c3cnn(CC4(CF)CC4)c3)n2)cn1. The van der Waals surface area contributed by atoms with Crippen molar-refractivity contribution >= 4 is 11.6 Å². The first-order chi connectivity index (χ1) is 14.6. The molecule has 1 saturated carbocycles. The number of hydrogen-bond donors (Lipinski definition) is 1. The molecule has 0 saturated heterocycles. The number of nitrogens with one attached hydrogen (secondary N) is 1. The highest BCUT2D eigenvalue weighted by Gasteiger charge is 2.43. The summed E-state index contributed by atoms with van der Waals surface area (Å²) in [6.45, 7) is 3.21. The van der Waals surface area contributed by atoms with E-state index in [0.29, 0.717) is 31.6 Å². The summed E-state index contributed by atoms with van der Waals surface area (Å²) in [5.74, 6) is 0.984. The summed E-state index contributed by atoms with van der Waals surface area (Å²) < 4.78 is 25.4. The second kappa shape index (κ2) is 8.74. The van der Waals surface area contributed by atoms with Crippen LogP contribution in [-0.4, -0.2) is 51.7 Å². The highest BCUT2D eigenvalue weighted by atomic mass is 19.1. The third-order valence-electron chi connectivity index (χ3n) is 5.15. The molecule has 3 heterocycles. The van der Waals surface area contributed by atoms with Crippen molar-refractivity contribution in [1.82, 2.24) is 24.7 Å². The summed E-state index contributed by atoms with van der Waals surface area (Å²) in [5, 5.41) is 7.56. The molecule has 158 valence electrons. The fraction of sp³-hybridized carbons (Fsp3) is 0.429. The van der Waals surface area contributed by atoms with E-state index in [-0.39, 0.29) is 12.1 Å². The lowest BCUT2D eigenvalue weighted by Gasteiger charge is -2.10. The highest BCUT2D eigenvalue weighted by Crippen LogP contribution is 2.47. The maximum absolute atomic E-state index is 13.2. The molecule has 1 aliphatic carbocycles. The number of hydrogen-bond acceptors (Lipinski definition) is 7. The van der Waals surface area contributed by atoms with Crippen LogP contribution in [0.2, 0.25) is 0 Å². The van der Waals surface area contributed by atoms with Gasteiger partial charge in [-0.1, -0.05) is 0 Å². The molecular weight excluding hydrogens is 387 g/mol. The van der Waals surface area contributed by atoms with Crippen molar-refractivity contribution in [2.24, 2.45) is 5.41 Å². The Balaban J connectivity index is 1.45. The van der Waals surface area contributed by atoms with E-state index in [0.717, 1.165) is 35.3 Å². The molecule has 0 radical (unpaired) electrons. The minimum Gasteiger partial charge on any atom is -0.475 e. The molecule has 0 unspecified atom stereocenters. The molecular formula is C21H25FN6O2. The number of ether oxygens (including phenoxy) is 2. The van der Waals surface area contributed by atoms with Crippen LogP contribution in [0.5, 0.6) is 5.88 Å². The average molecular weight is 412 g/mol. The fourth-order valence-electron chi connectivity index (χ4n) is 3.12. The van der Waals surface area contributed by atoms with Gasteiger partial charge in [0.15, 0.2) is 0 Å². The van der Waals surface area contributed by atoms with E-state index >= 15 is 0 Å². The summed E-state index contributed by atoms with van der Waals surface area (Å²) in [4.78, 5) is 13.3. The molecule has 1 fully saturated rings. The monoisotopic (exact) mass is 412 g/mol. The first-order valence-corrected chi connectivity index (χ1v) is 9.88. The van der Waals surface area contributed by atoms with E-state index in [2.05, 4.69) is 25.4 Å². The van der Waals surface area contributed by atoms with Crippen molar-refractivity contribution in [1.29, 1.82) is 0 Å². The number of halogens is 1. The number of rotatable bonds is 10. The van der Waals surface area contributed by atoms with Gasteiger partial charge in [-0.2, -0.15) is 5.10 Å². The van der Waals surface area contributed by atoms with Crippen LogP contribution in [0.4, 0.5) is 16.0 Å². The van der Waals surface area contributed by atoms with Crippen molar-refractivity contribution in [2.45, 2.75) is 26.3 Å². The molecule has 8 nitrogen and oxygen atoms in total. The lowest BCUT2D eigenvalue weighted by molar-refractivity contribution is 0.144. The van der Waals surface area contributed by atoms with Crippen LogP contribution in [0.15, 0.2) is 36.9 Å². The maximum Gasteiger partial charge on any atom is 0.227 e. The van der Waals surface area contributed by atoms with Crippen molar-refractivity contribution in [3.8, 4) is 17.1 Å². The number of methoxy groups -OCH3 is 1. The van der Waals surface area contributed by atoms with Crippen molar-refractivity contribution in [2.75, 3.05) is 32.3 Å². The van der Waals surface area contributed by atoms with Gasteiger partial charge in [0, 0.05) is 43.1 Å². The number of aromatic nitrogens is 5. The van der Waals surface area contributed by atoms with Gasteiger partial charge in [-0.3, -0.25) is 9.07 Å². The number of nitrogens with zero attached hydrogens (tertiary/aromatic N) is 5. The van der Waals surface area contributed by atoms with Crippen LogP contribution in [0, 0.1) is 12.3 Å². The summed E-state index contributed by atoms with van der Waals surface area (Å²) in [7, 11) is 1.62. The van der Waals surface area contributed by atoms with Crippen molar-refractivity contribution < 1.29 is 13.9 Å². The van der Waals surface area contributed by atoms with Gasteiger partial charge in [-0.15, -0.1) is 0 Å². The molecule has 0 bridgehead atoms. The molecule has 1 N–H and O–H groups in total. The van der Waals surface area contributed by atoms with E-state index in [1.165, 1.54) is 0 Å². The fourth-order valence-corrected chi connectivity index (χ4v) is 3.12. The third-order valence-corrected chi connectivity index (χ3v) is 5.15. The van der Waals surface area contributed by atoms with E-state index in [1.54, 1.807) is 31.8 Å². The van der Waals surface area contributed by atoms with Gasteiger partial charge in [0.05, 0.1) is 37.1 Å². The first-order valence-electron chi connectivity index (χ1n) is 9.88. The molecule has 9 heteroatoms. The number of pyridine rings is 1. The van der Waals surface area contributed by atoms with E-state index in [1.807, 2.05) is 23.9 Å². The van der Waals surface area contributed by atoms with Crippen molar-refractivity contribution in [3.63, 3.8) is 0 Å². The Kier molecular flexibility index (Phi) is 5.89. The van der Waals surface area contributed by atoms with Gasteiger partial charge in [0.25, 0.3) is 0 Å². The van der Waals surface area contributed by atoms with E-state index in [4.69, 9.17) is 9.47 Å². The lowest BCUT2D eigenvalue weighted by Crippen LogP contribution is -2.13. The van der Waals surface area contributed by atoms with Crippen LogP contribution >= 0.6 is 0 Å². The normalized spacial score (nSPS) is 14.5. The largest absolute Gasteiger partial charge is 0.475 e. The summed E-state index contributed by atoms with van der Waals surface area (Å²) in [6.07, 6.45) is 8.95. The molecule has 1 aliphatic rings. The standard InChI is InChI=1S/C21H25FN6O2/c1-15-9-24-20(26-17-3-4-18(23-11-17)30-8-7-29-2)27-19(15)16-10-25-28(12-16)14-21(13-22)5-6-21/h3-4,9-12H,5-8,13-14H2,1-2H3,(H,24,26,27). The molecule has 0 aromatic carbocycles. The highest BCUT2D eigenvalue weighted by molar-refractivity contribution is 5.63. The van der Waals surface area contributed by atoms with Gasteiger partial charge in [-0.05, 0) is 31.4 Å². The molecule has 0 aliphatic heterocycles.